The van der Waals surface area contributed by atoms with E-state index in [0.717, 1.165) is 22.7 Å². The Balaban J connectivity index is 1.87. The number of ether oxygens (including phenoxy) is 1. The molecule has 0 saturated carbocycles. The summed E-state index contributed by atoms with van der Waals surface area (Å²) in [6.07, 6.45) is 0. The van der Waals surface area contributed by atoms with Gasteiger partial charge >= 0.3 is 0 Å². The molecule has 0 unspecified atom stereocenters. The Hall–Kier alpha value is -3.15. The van der Waals surface area contributed by atoms with Crippen LogP contribution >= 0.6 is 22.9 Å². The lowest BCUT2D eigenvalue weighted by Crippen LogP contribution is -2.16. The topological polar surface area (TPSA) is 43.6 Å². The van der Waals surface area contributed by atoms with Gasteiger partial charge in [-0.2, -0.15) is 4.99 Å². The molecule has 0 bridgehead atoms. The van der Waals surface area contributed by atoms with Gasteiger partial charge in [0.25, 0.3) is 5.91 Å². The largest absolute Gasteiger partial charge is 0.497 e. The number of hydrogen-bond donors (Lipinski definition) is 0. The van der Waals surface area contributed by atoms with Gasteiger partial charge in [0.2, 0.25) is 0 Å². The number of hydrogen-bond acceptors (Lipinski definition) is 3. The molecule has 1 heterocycles. The maximum atomic E-state index is 12.7. The Bertz CT molecular complexity index is 1190. The highest BCUT2D eigenvalue weighted by molar-refractivity contribution is 7.07. The second kappa shape index (κ2) is 8.47. The van der Waals surface area contributed by atoms with Crippen molar-refractivity contribution in [2.24, 2.45) is 4.99 Å². The number of rotatable bonds is 4. The summed E-state index contributed by atoms with van der Waals surface area (Å²) in [5, 5.41) is 2.64. The van der Waals surface area contributed by atoms with Gasteiger partial charge in [-0.25, -0.2) is 0 Å². The average molecular weight is 421 g/mol. The normalized spacial score (nSPS) is 11.4. The van der Waals surface area contributed by atoms with Gasteiger partial charge in [0.15, 0.2) is 4.80 Å². The van der Waals surface area contributed by atoms with E-state index in [9.17, 15) is 4.79 Å². The zero-order valence-electron chi connectivity index (χ0n) is 15.6. The first kappa shape index (κ1) is 19.2. The Labute approximate surface area is 177 Å². The summed E-state index contributed by atoms with van der Waals surface area (Å²) in [6, 6.07) is 24.3. The zero-order chi connectivity index (χ0) is 20.2. The molecular weight excluding hydrogens is 404 g/mol. The molecule has 0 aliphatic heterocycles. The number of thiazole rings is 1. The summed E-state index contributed by atoms with van der Waals surface area (Å²) in [5.74, 6) is 0.502. The van der Waals surface area contributed by atoms with E-state index in [0.29, 0.717) is 15.4 Å². The fraction of sp³-hybridized carbons (Fsp3) is 0.0435. The van der Waals surface area contributed by atoms with E-state index in [4.69, 9.17) is 16.3 Å². The molecule has 0 aliphatic carbocycles. The minimum Gasteiger partial charge on any atom is -0.497 e. The maximum absolute atomic E-state index is 12.7. The molecule has 0 N–H and O–H groups in total. The van der Waals surface area contributed by atoms with Crippen LogP contribution in [0.25, 0.3) is 16.9 Å². The lowest BCUT2D eigenvalue weighted by atomic mass is 10.1. The first-order valence-electron chi connectivity index (χ1n) is 8.91. The number of nitrogens with zero attached hydrogens (tertiary/aromatic N) is 2. The number of carbonyl (C=O) groups is 1. The van der Waals surface area contributed by atoms with Gasteiger partial charge in [-0.1, -0.05) is 29.8 Å². The Kier molecular flexibility index (Phi) is 5.60. The number of amides is 1. The van der Waals surface area contributed by atoms with Gasteiger partial charge < -0.3 is 4.74 Å². The zero-order valence-corrected chi connectivity index (χ0v) is 17.2. The molecule has 0 atom stereocenters. The molecule has 29 heavy (non-hydrogen) atoms. The van der Waals surface area contributed by atoms with Gasteiger partial charge in [0, 0.05) is 21.7 Å². The molecule has 0 saturated heterocycles. The Morgan fingerprint density at radius 1 is 0.966 bits per heavy atom. The quantitative estimate of drug-likeness (QED) is 0.430. The third kappa shape index (κ3) is 4.16. The van der Waals surface area contributed by atoms with Gasteiger partial charge in [0.1, 0.15) is 5.75 Å². The van der Waals surface area contributed by atoms with Crippen LogP contribution in [-0.2, 0) is 0 Å². The van der Waals surface area contributed by atoms with Crippen LogP contribution in [0, 0.1) is 0 Å². The third-order valence-electron chi connectivity index (χ3n) is 4.40. The van der Waals surface area contributed by atoms with Gasteiger partial charge in [-0.15, -0.1) is 11.3 Å². The first-order valence-corrected chi connectivity index (χ1v) is 10.2. The van der Waals surface area contributed by atoms with Gasteiger partial charge in [-0.05, 0) is 66.2 Å². The van der Waals surface area contributed by atoms with Crippen LogP contribution in [-0.4, -0.2) is 17.6 Å². The monoisotopic (exact) mass is 420 g/mol. The second-order valence-corrected chi connectivity index (χ2v) is 7.50. The SMILES string of the molecule is COc1ccc(-c2csc(=NC(=O)c3ccccc3)n2-c2ccc(Cl)cc2)cc1. The number of aromatic nitrogens is 1. The van der Waals surface area contributed by atoms with Crippen molar-refractivity contribution >= 4 is 28.8 Å². The average Bonchev–Trinajstić information content (AvgIpc) is 3.18. The Morgan fingerprint density at radius 3 is 2.31 bits per heavy atom. The molecule has 0 spiro atoms. The molecule has 3 aromatic carbocycles. The van der Waals surface area contributed by atoms with Gasteiger partial charge in [-0.3, -0.25) is 9.36 Å². The molecular formula is C23H17ClN2O2S. The molecule has 1 amide bonds. The highest BCUT2D eigenvalue weighted by atomic mass is 35.5. The van der Waals surface area contributed by atoms with Crippen molar-refractivity contribution in [1.29, 1.82) is 0 Å². The maximum Gasteiger partial charge on any atom is 0.279 e. The van der Waals surface area contributed by atoms with E-state index in [-0.39, 0.29) is 5.91 Å². The molecule has 0 aliphatic rings. The van der Waals surface area contributed by atoms with Crippen molar-refractivity contribution in [3.8, 4) is 22.7 Å². The summed E-state index contributed by atoms with van der Waals surface area (Å²) < 4.78 is 7.22. The summed E-state index contributed by atoms with van der Waals surface area (Å²) in [6.45, 7) is 0. The van der Waals surface area contributed by atoms with Crippen LogP contribution in [0.2, 0.25) is 5.02 Å². The van der Waals surface area contributed by atoms with E-state index in [1.165, 1.54) is 11.3 Å². The first-order chi connectivity index (χ1) is 14.2. The van der Waals surface area contributed by atoms with Crippen LogP contribution in [0.1, 0.15) is 10.4 Å². The molecule has 0 fully saturated rings. The van der Waals surface area contributed by atoms with Crippen LogP contribution < -0.4 is 9.54 Å². The highest BCUT2D eigenvalue weighted by Crippen LogP contribution is 2.26. The summed E-state index contributed by atoms with van der Waals surface area (Å²) in [4.78, 5) is 17.7. The van der Waals surface area contributed by atoms with E-state index < -0.39 is 0 Å². The van der Waals surface area contributed by atoms with Crippen LogP contribution in [0.4, 0.5) is 0 Å². The standard InChI is InChI=1S/C23H17ClN2O2S/c1-28-20-13-7-16(8-14-20)21-15-29-23(25-22(27)17-5-3-2-4-6-17)26(21)19-11-9-18(24)10-12-19/h2-15H,1H3. The molecule has 6 heteroatoms. The van der Waals surface area contributed by atoms with Crippen LogP contribution in [0.15, 0.2) is 89.2 Å². The fourth-order valence-electron chi connectivity index (χ4n) is 2.92. The molecule has 4 aromatic rings. The van der Waals surface area contributed by atoms with Crippen LogP contribution in [0.3, 0.4) is 0 Å². The lowest BCUT2D eigenvalue weighted by Gasteiger charge is -2.10. The van der Waals surface area contributed by atoms with E-state index in [2.05, 4.69) is 4.99 Å². The van der Waals surface area contributed by atoms with E-state index in [1.807, 2.05) is 76.7 Å². The van der Waals surface area contributed by atoms with Crippen LogP contribution in [0.5, 0.6) is 5.75 Å². The van der Waals surface area contributed by atoms with Gasteiger partial charge in [0.05, 0.1) is 12.8 Å². The lowest BCUT2D eigenvalue weighted by molar-refractivity contribution is 0.0998. The fourth-order valence-corrected chi connectivity index (χ4v) is 3.95. The highest BCUT2D eigenvalue weighted by Gasteiger charge is 2.12. The van der Waals surface area contributed by atoms with Crippen molar-refractivity contribution < 1.29 is 9.53 Å². The number of carbonyl (C=O) groups excluding carboxylic acids is 1. The van der Waals surface area contributed by atoms with E-state index >= 15 is 0 Å². The molecule has 0 radical (unpaired) electrons. The summed E-state index contributed by atoms with van der Waals surface area (Å²) >= 11 is 7.48. The number of benzene rings is 3. The van der Waals surface area contributed by atoms with E-state index in [1.54, 1.807) is 19.2 Å². The predicted molar refractivity (Wildman–Crippen MR) is 117 cm³/mol. The summed E-state index contributed by atoms with van der Waals surface area (Å²) in [5.41, 5.74) is 3.35. The smallest absolute Gasteiger partial charge is 0.279 e. The molecule has 4 rings (SSSR count). The molecule has 4 nitrogen and oxygen atoms in total. The summed E-state index contributed by atoms with van der Waals surface area (Å²) in [7, 11) is 1.64. The molecule has 144 valence electrons. The second-order valence-electron chi connectivity index (χ2n) is 6.23. The molecule has 1 aromatic heterocycles. The Morgan fingerprint density at radius 2 is 1.66 bits per heavy atom. The number of methoxy groups -OCH3 is 1. The predicted octanol–water partition coefficient (Wildman–Crippen LogP) is 5.61. The van der Waals surface area contributed by atoms with Crippen molar-refractivity contribution in [3.63, 3.8) is 0 Å². The van der Waals surface area contributed by atoms with Crippen molar-refractivity contribution in [1.82, 2.24) is 4.57 Å². The number of halogens is 1. The minimum atomic E-state index is -0.281. The van der Waals surface area contributed by atoms with Crippen molar-refractivity contribution in [2.75, 3.05) is 7.11 Å². The van der Waals surface area contributed by atoms with Crippen molar-refractivity contribution in [2.45, 2.75) is 0 Å². The third-order valence-corrected chi connectivity index (χ3v) is 5.47. The van der Waals surface area contributed by atoms with Crippen molar-refractivity contribution in [3.05, 3.63) is 99.6 Å². The minimum absolute atomic E-state index is 0.281.